The lowest BCUT2D eigenvalue weighted by Crippen LogP contribution is -2.40. The van der Waals surface area contributed by atoms with Crippen LogP contribution >= 0.6 is 0 Å². The van der Waals surface area contributed by atoms with Crippen LogP contribution in [0.5, 0.6) is 11.5 Å². The number of hydrogen-bond donors (Lipinski definition) is 1. The number of nitrogens with one attached hydrogen (secondary N) is 1. The number of benzene rings is 1. The minimum Gasteiger partial charge on any atom is -0.454 e. The topological polar surface area (TPSA) is 76.8 Å². The standard InChI is InChI=1S/C20H23N3O4/c1-12-8-23(9-14-3-2-4-17-19(14)26-11-25-17)10-16(12)21-20(24)15-7-18(27-22-15)13-5-6-13/h2-4,7,12-13,16H,5-6,8-11H2,1H3,(H,21,24)/t12-,16+/m0/s1. The second-order valence-corrected chi connectivity index (χ2v) is 7.79. The van der Waals surface area contributed by atoms with E-state index in [-0.39, 0.29) is 18.7 Å². The monoisotopic (exact) mass is 369 g/mol. The maximum atomic E-state index is 12.5. The molecule has 142 valence electrons. The molecule has 7 nitrogen and oxygen atoms in total. The Labute approximate surface area is 157 Å². The van der Waals surface area contributed by atoms with Crippen molar-refractivity contribution in [2.24, 2.45) is 5.92 Å². The molecule has 1 aromatic carbocycles. The van der Waals surface area contributed by atoms with E-state index in [2.05, 4.69) is 28.4 Å². The zero-order chi connectivity index (χ0) is 18.4. The normalized spacial score (nSPS) is 24.3. The number of nitrogens with zero attached hydrogens (tertiary/aromatic N) is 2. The summed E-state index contributed by atoms with van der Waals surface area (Å²) in [6.45, 7) is 4.94. The number of fused-ring (bicyclic) bond motifs is 1. The average molecular weight is 369 g/mol. The average Bonchev–Trinajstić information content (AvgIpc) is 3.07. The van der Waals surface area contributed by atoms with Gasteiger partial charge in [0.15, 0.2) is 17.2 Å². The Morgan fingerprint density at radius 2 is 2.19 bits per heavy atom. The fourth-order valence-electron chi connectivity index (χ4n) is 3.94. The third kappa shape index (κ3) is 3.27. The van der Waals surface area contributed by atoms with Crippen molar-refractivity contribution < 1.29 is 18.8 Å². The summed E-state index contributed by atoms with van der Waals surface area (Å²) in [5, 5.41) is 7.07. The molecule has 2 aliphatic heterocycles. The Hall–Kier alpha value is -2.54. The summed E-state index contributed by atoms with van der Waals surface area (Å²) in [6, 6.07) is 7.86. The van der Waals surface area contributed by atoms with Gasteiger partial charge < -0.3 is 19.3 Å². The van der Waals surface area contributed by atoms with Crippen LogP contribution in [-0.2, 0) is 6.54 Å². The fraction of sp³-hybridized carbons (Fsp3) is 0.500. The van der Waals surface area contributed by atoms with Crippen LogP contribution in [0.4, 0.5) is 0 Å². The summed E-state index contributed by atoms with van der Waals surface area (Å²) in [4.78, 5) is 14.9. The first-order chi connectivity index (χ1) is 13.2. The van der Waals surface area contributed by atoms with Crippen LogP contribution in [0.2, 0.25) is 0 Å². The number of carbonyl (C=O) groups is 1. The number of likely N-dealkylation sites (tertiary alicyclic amines) is 1. The highest BCUT2D eigenvalue weighted by Gasteiger charge is 2.33. The molecule has 1 saturated carbocycles. The highest BCUT2D eigenvalue weighted by Crippen LogP contribution is 2.40. The zero-order valence-corrected chi connectivity index (χ0v) is 15.3. The predicted molar refractivity (Wildman–Crippen MR) is 96.7 cm³/mol. The summed E-state index contributed by atoms with van der Waals surface area (Å²) in [5.74, 6) is 3.15. The van der Waals surface area contributed by atoms with Crippen molar-refractivity contribution in [2.45, 2.75) is 38.3 Å². The van der Waals surface area contributed by atoms with E-state index in [4.69, 9.17) is 14.0 Å². The Balaban J connectivity index is 1.22. The van der Waals surface area contributed by atoms with Crippen molar-refractivity contribution in [1.29, 1.82) is 0 Å². The van der Waals surface area contributed by atoms with Crippen LogP contribution in [0.3, 0.4) is 0 Å². The number of para-hydroxylation sites is 1. The van der Waals surface area contributed by atoms with Gasteiger partial charge in [-0.2, -0.15) is 0 Å². The summed E-state index contributed by atoms with van der Waals surface area (Å²) in [6.07, 6.45) is 2.26. The fourth-order valence-corrected chi connectivity index (χ4v) is 3.94. The number of aromatic nitrogens is 1. The minimum absolute atomic E-state index is 0.0903. The van der Waals surface area contributed by atoms with Crippen LogP contribution in [0.1, 0.15) is 47.5 Å². The Bertz CT molecular complexity index is 861. The molecule has 0 spiro atoms. The van der Waals surface area contributed by atoms with Crippen molar-refractivity contribution in [3.63, 3.8) is 0 Å². The number of ether oxygens (including phenoxy) is 2. The van der Waals surface area contributed by atoms with Crippen LogP contribution < -0.4 is 14.8 Å². The number of rotatable bonds is 5. The van der Waals surface area contributed by atoms with E-state index < -0.39 is 0 Å². The van der Waals surface area contributed by atoms with Gasteiger partial charge in [0, 0.05) is 43.2 Å². The van der Waals surface area contributed by atoms with E-state index in [0.717, 1.165) is 55.3 Å². The van der Waals surface area contributed by atoms with Gasteiger partial charge in [-0.3, -0.25) is 9.69 Å². The summed E-state index contributed by atoms with van der Waals surface area (Å²) in [7, 11) is 0. The molecule has 3 heterocycles. The lowest BCUT2D eigenvalue weighted by Gasteiger charge is -2.17. The Kier molecular flexibility index (Phi) is 4.04. The van der Waals surface area contributed by atoms with Gasteiger partial charge >= 0.3 is 0 Å². The molecule has 2 aromatic rings. The van der Waals surface area contributed by atoms with Gasteiger partial charge in [-0.05, 0) is 24.8 Å². The first kappa shape index (κ1) is 16.6. The first-order valence-corrected chi connectivity index (χ1v) is 9.54. The van der Waals surface area contributed by atoms with E-state index in [9.17, 15) is 4.79 Å². The molecule has 1 N–H and O–H groups in total. The van der Waals surface area contributed by atoms with E-state index in [1.807, 2.05) is 12.1 Å². The zero-order valence-electron chi connectivity index (χ0n) is 15.3. The Morgan fingerprint density at radius 1 is 1.30 bits per heavy atom. The Morgan fingerprint density at radius 3 is 3.04 bits per heavy atom. The quantitative estimate of drug-likeness (QED) is 0.873. The van der Waals surface area contributed by atoms with Gasteiger partial charge in [0.1, 0.15) is 5.76 Å². The maximum Gasteiger partial charge on any atom is 0.273 e. The molecule has 0 bridgehead atoms. The molecule has 3 aliphatic rings. The van der Waals surface area contributed by atoms with Gasteiger partial charge in [0.2, 0.25) is 6.79 Å². The number of carbonyl (C=O) groups excluding carboxylic acids is 1. The lowest BCUT2D eigenvalue weighted by molar-refractivity contribution is 0.0922. The minimum atomic E-state index is -0.151. The molecule has 1 aromatic heterocycles. The number of amides is 1. The SMILES string of the molecule is C[C@H]1CN(Cc2cccc3c2OCO3)C[C@H]1NC(=O)c1cc(C2CC2)on1. The summed E-state index contributed by atoms with van der Waals surface area (Å²) >= 11 is 0. The molecule has 5 rings (SSSR count). The molecule has 1 aliphatic carbocycles. The molecular formula is C20H23N3O4. The van der Waals surface area contributed by atoms with Crippen molar-refractivity contribution in [2.75, 3.05) is 19.9 Å². The molecular weight excluding hydrogens is 346 g/mol. The molecule has 2 fully saturated rings. The smallest absolute Gasteiger partial charge is 0.273 e. The second-order valence-electron chi connectivity index (χ2n) is 7.79. The lowest BCUT2D eigenvalue weighted by atomic mass is 10.1. The molecule has 0 radical (unpaired) electrons. The van der Waals surface area contributed by atoms with E-state index >= 15 is 0 Å². The summed E-state index contributed by atoms with van der Waals surface area (Å²) in [5.41, 5.74) is 1.50. The molecule has 27 heavy (non-hydrogen) atoms. The highest BCUT2D eigenvalue weighted by atomic mass is 16.7. The molecule has 2 atom stereocenters. The van der Waals surface area contributed by atoms with Crippen LogP contribution in [0, 0.1) is 5.92 Å². The predicted octanol–water partition coefficient (Wildman–Crippen LogP) is 2.53. The summed E-state index contributed by atoms with van der Waals surface area (Å²) < 4.78 is 16.4. The third-order valence-electron chi connectivity index (χ3n) is 5.62. The van der Waals surface area contributed by atoms with E-state index in [1.54, 1.807) is 6.07 Å². The first-order valence-electron chi connectivity index (χ1n) is 9.54. The highest BCUT2D eigenvalue weighted by molar-refractivity contribution is 5.92. The molecule has 7 heteroatoms. The maximum absolute atomic E-state index is 12.5. The van der Waals surface area contributed by atoms with Crippen LogP contribution in [-0.4, -0.2) is 41.9 Å². The second kappa shape index (κ2) is 6.56. The van der Waals surface area contributed by atoms with E-state index in [0.29, 0.717) is 17.5 Å². The van der Waals surface area contributed by atoms with E-state index in [1.165, 1.54) is 0 Å². The molecule has 1 saturated heterocycles. The van der Waals surface area contributed by atoms with Crippen LogP contribution in [0.25, 0.3) is 0 Å². The largest absolute Gasteiger partial charge is 0.454 e. The van der Waals surface area contributed by atoms with Crippen molar-refractivity contribution in [3.05, 3.63) is 41.3 Å². The molecule has 0 unspecified atom stereocenters. The third-order valence-corrected chi connectivity index (χ3v) is 5.62. The van der Waals surface area contributed by atoms with Crippen LogP contribution in [0.15, 0.2) is 28.8 Å². The van der Waals surface area contributed by atoms with Crippen molar-refractivity contribution >= 4 is 5.91 Å². The molecule has 1 amide bonds. The van der Waals surface area contributed by atoms with Gasteiger partial charge in [-0.15, -0.1) is 0 Å². The van der Waals surface area contributed by atoms with Crippen molar-refractivity contribution in [3.8, 4) is 11.5 Å². The van der Waals surface area contributed by atoms with Gasteiger partial charge in [0.05, 0.1) is 0 Å². The van der Waals surface area contributed by atoms with Gasteiger partial charge in [-0.25, -0.2) is 0 Å². The van der Waals surface area contributed by atoms with Gasteiger partial charge in [0.25, 0.3) is 5.91 Å². The van der Waals surface area contributed by atoms with Gasteiger partial charge in [-0.1, -0.05) is 24.2 Å². The van der Waals surface area contributed by atoms with Crippen molar-refractivity contribution in [1.82, 2.24) is 15.4 Å². The number of hydrogen-bond acceptors (Lipinski definition) is 6.